The van der Waals surface area contributed by atoms with Crippen molar-refractivity contribution in [1.29, 1.82) is 0 Å². The molecule has 17 heavy (non-hydrogen) atoms. The molecular formula is C12H16N2O3. The maximum absolute atomic E-state index is 12.2. The van der Waals surface area contributed by atoms with Crippen LogP contribution in [0.4, 0.5) is 0 Å². The lowest BCUT2D eigenvalue weighted by molar-refractivity contribution is -0.138. The van der Waals surface area contributed by atoms with Crippen LogP contribution in [0.1, 0.15) is 36.2 Å². The van der Waals surface area contributed by atoms with E-state index in [-0.39, 0.29) is 18.5 Å². The van der Waals surface area contributed by atoms with Gasteiger partial charge in [0.2, 0.25) is 0 Å². The minimum absolute atomic E-state index is 0.0712. The van der Waals surface area contributed by atoms with Gasteiger partial charge in [0, 0.05) is 12.2 Å². The highest BCUT2D eigenvalue weighted by molar-refractivity contribution is 5.94. The van der Waals surface area contributed by atoms with Crippen molar-refractivity contribution in [3.8, 4) is 0 Å². The largest absolute Gasteiger partial charge is 0.480 e. The second-order valence-corrected chi connectivity index (χ2v) is 4.35. The van der Waals surface area contributed by atoms with Gasteiger partial charge in [-0.05, 0) is 25.0 Å². The molecule has 1 aromatic rings. The van der Waals surface area contributed by atoms with Gasteiger partial charge in [0.1, 0.15) is 12.2 Å². The van der Waals surface area contributed by atoms with Gasteiger partial charge in [-0.3, -0.25) is 9.59 Å². The lowest BCUT2D eigenvalue weighted by atomic mass is 10.2. The van der Waals surface area contributed by atoms with Crippen LogP contribution in [-0.4, -0.2) is 39.5 Å². The summed E-state index contributed by atoms with van der Waals surface area (Å²) in [5.74, 6) is -1.18. The van der Waals surface area contributed by atoms with Crippen molar-refractivity contribution in [1.82, 2.24) is 9.88 Å². The zero-order chi connectivity index (χ0) is 12.3. The molecule has 0 unspecified atom stereocenters. The molecule has 5 nitrogen and oxygen atoms in total. The number of aromatic nitrogens is 1. The molecule has 1 aliphatic carbocycles. The summed E-state index contributed by atoms with van der Waals surface area (Å²) in [5, 5.41) is 8.89. The topological polar surface area (TPSA) is 73.4 Å². The van der Waals surface area contributed by atoms with Crippen LogP contribution in [0.3, 0.4) is 0 Å². The smallest absolute Gasteiger partial charge is 0.323 e. The summed E-state index contributed by atoms with van der Waals surface area (Å²) in [5.41, 5.74) is 0.457. The molecule has 1 aliphatic rings. The van der Waals surface area contributed by atoms with Crippen molar-refractivity contribution in [2.75, 3.05) is 6.54 Å². The minimum atomic E-state index is -0.961. The van der Waals surface area contributed by atoms with Crippen LogP contribution in [0.25, 0.3) is 0 Å². The molecule has 1 amide bonds. The van der Waals surface area contributed by atoms with Gasteiger partial charge in [-0.25, -0.2) is 0 Å². The highest BCUT2D eigenvalue weighted by Gasteiger charge is 2.29. The van der Waals surface area contributed by atoms with Gasteiger partial charge in [0.15, 0.2) is 0 Å². The number of H-pyrrole nitrogens is 1. The highest BCUT2D eigenvalue weighted by Crippen LogP contribution is 2.24. The van der Waals surface area contributed by atoms with E-state index in [1.54, 1.807) is 18.3 Å². The van der Waals surface area contributed by atoms with Crippen molar-refractivity contribution >= 4 is 11.9 Å². The number of rotatable bonds is 4. The first-order valence-corrected chi connectivity index (χ1v) is 5.84. The molecule has 0 radical (unpaired) electrons. The van der Waals surface area contributed by atoms with Crippen LogP contribution in [-0.2, 0) is 4.79 Å². The fourth-order valence-electron chi connectivity index (χ4n) is 2.35. The Balaban J connectivity index is 2.14. The molecule has 1 aromatic heterocycles. The van der Waals surface area contributed by atoms with E-state index in [1.807, 2.05) is 0 Å². The Labute approximate surface area is 99.4 Å². The van der Waals surface area contributed by atoms with Crippen LogP contribution in [0.15, 0.2) is 18.3 Å². The standard InChI is InChI=1S/C12H16N2O3/c15-11(16)8-14(9-4-1-2-5-9)12(17)10-6-3-7-13-10/h3,6-7,9,13H,1-2,4-5,8H2,(H,15,16). The van der Waals surface area contributed by atoms with E-state index in [1.165, 1.54) is 4.90 Å². The number of amides is 1. The number of carbonyl (C=O) groups excluding carboxylic acids is 1. The molecule has 0 spiro atoms. The molecule has 1 fully saturated rings. The summed E-state index contributed by atoms with van der Waals surface area (Å²) in [6.45, 7) is -0.220. The number of hydrogen-bond donors (Lipinski definition) is 2. The summed E-state index contributed by atoms with van der Waals surface area (Å²) in [6.07, 6.45) is 5.61. The number of nitrogens with zero attached hydrogens (tertiary/aromatic N) is 1. The summed E-state index contributed by atoms with van der Waals surface area (Å²) in [7, 11) is 0. The van der Waals surface area contributed by atoms with E-state index in [9.17, 15) is 9.59 Å². The number of aliphatic carboxylic acids is 1. The normalized spacial score (nSPS) is 16.0. The Morgan fingerprint density at radius 3 is 2.65 bits per heavy atom. The maximum atomic E-state index is 12.2. The Morgan fingerprint density at radius 1 is 1.41 bits per heavy atom. The zero-order valence-electron chi connectivity index (χ0n) is 9.56. The summed E-state index contributed by atoms with van der Waals surface area (Å²) in [4.78, 5) is 27.3. The molecular weight excluding hydrogens is 220 g/mol. The molecule has 5 heteroatoms. The monoisotopic (exact) mass is 236 g/mol. The van der Waals surface area contributed by atoms with E-state index in [2.05, 4.69) is 4.98 Å². The van der Waals surface area contributed by atoms with E-state index in [0.717, 1.165) is 25.7 Å². The minimum Gasteiger partial charge on any atom is -0.480 e. The van der Waals surface area contributed by atoms with Gasteiger partial charge in [0.25, 0.3) is 5.91 Å². The van der Waals surface area contributed by atoms with Crippen LogP contribution in [0.2, 0.25) is 0 Å². The lowest BCUT2D eigenvalue weighted by Gasteiger charge is -2.26. The third-order valence-corrected chi connectivity index (χ3v) is 3.16. The number of nitrogens with one attached hydrogen (secondary N) is 1. The van der Waals surface area contributed by atoms with Gasteiger partial charge in [0.05, 0.1) is 0 Å². The number of carboxylic acids is 1. The molecule has 0 aliphatic heterocycles. The molecule has 2 N–H and O–H groups in total. The van der Waals surface area contributed by atoms with Crippen molar-refractivity contribution in [3.63, 3.8) is 0 Å². The first-order valence-electron chi connectivity index (χ1n) is 5.84. The van der Waals surface area contributed by atoms with Gasteiger partial charge in [-0.2, -0.15) is 0 Å². The van der Waals surface area contributed by atoms with E-state index in [4.69, 9.17) is 5.11 Å². The number of carbonyl (C=O) groups is 2. The molecule has 2 rings (SSSR count). The fraction of sp³-hybridized carbons (Fsp3) is 0.500. The van der Waals surface area contributed by atoms with E-state index in [0.29, 0.717) is 5.69 Å². The van der Waals surface area contributed by atoms with E-state index < -0.39 is 5.97 Å². The summed E-state index contributed by atoms with van der Waals surface area (Å²) >= 11 is 0. The number of aromatic amines is 1. The fourth-order valence-corrected chi connectivity index (χ4v) is 2.35. The maximum Gasteiger partial charge on any atom is 0.323 e. The average Bonchev–Trinajstić information content (AvgIpc) is 2.96. The van der Waals surface area contributed by atoms with Crippen LogP contribution >= 0.6 is 0 Å². The Kier molecular flexibility index (Phi) is 3.46. The quantitative estimate of drug-likeness (QED) is 0.831. The van der Waals surface area contributed by atoms with Crippen LogP contribution in [0, 0.1) is 0 Å². The van der Waals surface area contributed by atoms with Gasteiger partial charge < -0.3 is 15.0 Å². The SMILES string of the molecule is O=C(O)CN(C(=O)c1ccc[nH]1)C1CCCC1. The third-order valence-electron chi connectivity index (χ3n) is 3.16. The first-order chi connectivity index (χ1) is 8.18. The highest BCUT2D eigenvalue weighted by atomic mass is 16.4. The number of carboxylic acid groups (broad SMARTS) is 1. The Bertz CT molecular complexity index is 394. The average molecular weight is 236 g/mol. The summed E-state index contributed by atoms with van der Waals surface area (Å²) in [6, 6.07) is 3.48. The zero-order valence-corrected chi connectivity index (χ0v) is 9.56. The van der Waals surface area contributed by atoms with Crippen molar-refractivity contribution in [2.45, 2.75) is 31.7 Å². The second-order valence-electron chi connectivity index (χ2n) is 4.35. The predicted molar refractivity (Wildman–Crippen MR) is 61.7 cm³/mol. The lowest BCUT2D eigenvalue weighted by Crippen LogP contribution is -2.42. The molecule has 0 atom stereocenters. The molecule has 0 bridgehead atoms. The van der Waals surface area contributed by atoms with Gasteiger partial charge in [-0.15, -0.1) is 0 Å². The van der Waals surface area contributed by atoms with Crippen LogP contribution in [0.5, 0.6) is 0 Å². The molecule has 1 saturated carbocycles. The summed E-state index contributed by atoms with van der Waals surface area (Å²) < 4.78 is 0. The van der Waals surface area contributed by atoms with Gasteiger partial charge >= 0.3 is 5.97 Å². The molecule has 0 saturated heterocycles. The van der Waals surface area contributed by atoms with Crippen molar-refractivity contribution in [2.24, 2.45) is 0 Å². The molecule has 0 aromatic carbocycles. The first kappa shape index (κ1) is 11.7. The van der Waals surface area contributed by atoms with E-state index >= 15 is 0 Å². The third kappa shape index (κ3) is 2.67. The van der Waals surface area contributed by atoms with Crippen molar-refractivity contribution in [3.05, 3.63) is 24.0 Å². The molecule has 92 valence electrons. The predicted octanol–water partition coefficient (Wildman–Crippen LogP) is 1.48. The Hall–Kier alpha value is -1.78. The molecule has 1 heterocycles. The second kappa shape index (κ2) is 5.03. The Morgan fingerprint density at radius 2 is 2.12 bits per heavy atom. The van der Waals surface area contributed by atoms with Crippen LogP contribution < -0.4 is 0 Å². The van der Waals surface area contributed by atoms with Crippen molar-refractivity contribution < 1.29 is 14.7 Å². The number of hydrogen-bond acceptors (Lipinski definition) is 2. The van der Waals surface area contributed by atoms with Gasteiger partial charge in [-0.1, -0.05) is 12.8 Å².